The Labute approximate surface area is 128 Å². The van der Waals surface area contributed by atoms with Gasteiger partial charge in [-0.2, -0.15) is 5.10 Å². The molecule has 0 atom stereocenters. The van der Waals surface area contributed by atoms with Crippen molar-refractivity contribution >= 4 is 28.8 Å². The lowest BCUT2D eigenvalue weighted by Gasteiger charge is -2.03. The van der Waals surface area contributed by atoms with Gasteiger partial charge >= 0.3 is 11.8 Å². The smallest absolute Gasteiger partial charge is 0.329 e. The van der Waals surface area contributed by atoms with Crippen LogP contribution in [-0.4, -0.2) is 38.3 Å². The van der Waals surface area contributed by atoms with Crippen molar-refractivity contribution in [3.63, 3.8) is 0 Å². The highest BCUT2D eigenvalue weighted by Crippen LogP contribution is 2.16. The molecule has 0 saturated carbocycles. The second-order valence-electron chi connectivity index (χ2n) is 4.52. The molecule has 2 rings (SSSR count). The number of rotatable bonds is 5. The maximum atomic E-state index is 11.5. The van der Waals surface area contributed by atoms with Crippen LogP contribution in [0.1, 0.15) is 5.56 Å². The molecule has 0 saturated heterocycles. The Hall–Kier alpha value is -2.73. The predicted octanol–water partition coefficient (Wildman–Crippen LogP) is 1.05. The number of nitrogens with one attached hydrogen (secondary N) is 2. The van der Waals surface area contributed by atoms with E-state index in [2.05, 4.69) is 15.8 Å². The number of nitrogens with zero attached hydrogens (tertiary/aromatic N) is 1. The molecule has 0 unspecified atom stereocenters. The number of fused-ring (bicyclic) bond motifs is 1. The zero-order valence-electron chi connectivity index (χ0n) is 12.2. The van der Waals surface area contributed by atoms with Crippen molar-refractivity contribution in [2.45, 2.75) is 0 Å². The van der Waals surface area contributed by atoms with Crippen molar-refractivity contribution in [2.24, 2.45) is 5.10 Å². The Morgan fingerprint density at radius 1 is 1.14 bits per heavy atom. The van der Waals surface area contributed by atoms with Crippen LogP contribution < -0.4 is 10.7 Å². The van der Waals surface area contributed by atoms with Gasteiger partial charge in [-0.3, -0.25) is 9.59 Å². The molecule has 22 heavy (non-hydrogen) atoms. The van der Waals surface area contributed by atoms with Crippen molar-refractivity contribution in [3.05, 3.63) is 48.0 Å². The number of benzene rings is 2. The Kier molecular flexibility index (Phi) is 5.62. The van der Waals surface area contributed by atoms with Crippen LogP contribution in [0.2, 0.25) is 0 Å². The fourth-order valence-corrected chi connectivity index (χ4v) is 1.92. The normalized spacial score (nSPS) is 10.8. The van der Waals surface area contributed by atoms with Gasteiger partial charge in [-0.05, 0) is 10.8 Å². The zero-order valence-corrected chi connectivity index (χ0v) is 12.2. The number of methoxy groups -OCH3 is 1. The van der Waals surface area contributed by atoms with Gasteiger partial charge in [0.05, 0.1) is 12.8 Å². The molecule has 0 spiro atoms. The van der Waals surface area contributed by atoms with E-state index in [0.29, 0.717) is 6.61 Å². The minimum absolute atomic E-state index is 0.274. The zero-order chi connectivity index (χ0) is 15.8. The van der Waals surface area contributed by atoms with Crippen LogP contribution in [0.3, 0.4) is 0 Å². The highest BCUT2D eigenvalue weighted by atomic mass is 16.5. The topological polar surface area (TPSA) is 79.8 Å². The van der Waals surface area contributed by atoms with Gasteiger partial charge in [0.15, 0.2) is 0 Å². The molecule has 114 valence electrons. The van der Waals surface area contributed by atoms with E-state index in [1.165, 1.54) is 13.3 Å². The van der Waals surface area contributed by atoms with Crippen molar-refractivity contribution in [3.8, 4) is 0 Å². The number of carbonyl (C=O) groups excluding carboxylic acids is 2. The monoisotopic (exact) mass is 299 g/mol. The third-order valence-corrected chi connectivity index (χ3v) is 2.99. The van der Waals surface area contributed by atoms with Gasteiger partial charge < -0.3 is 10.1 Å². The van der Waals surface area contributed by atoms with Crippen LogP contribution in [0, 0.1) is 0 Å². The SMILES string of the molecule is COCCNC(=O)C(=O)N/N=C/c1cccc2ccccc12. The third-order valence-electron chi connectivity index (χ3n) is 2.99. The number of ether oxygens (including phenoxy) is 1. The average molecular weight is 299 g/mol. The third kappa shape index (κ3) is 4.13. The van der Waals surface area contributed by atoms with Crippen molar-refractivity contribution in [2.75, 3.05) is 20.3 Å². The minimum atomic E-state index is -0.812. The quantitative estimate of drug-likeness (QED) is 0.375. The van der Waals surface area contributed by atoms with Crippen LogP contribution in [0.25, 0.3) is 10.8 Å². The van der Waals surface area contributed by atoms with E-state index in [-0.39, 0.29) is 6.54 Å². The molecule has 0 heterocycles. The highest BCUT2D eigenvalue weighted by molar-refractivity contribution is 6.35. The van der Waals surface area contributed by atoms with Crippen LogP contribution in [0.15, 0.2) is 47.6 Å². The highest BCUT2D eigenvalue weighted by Gasteiger charge is 2.11. The summed E-state index contributed by atoms with van der Waals surface area (Å²) in [6.07, 6.45) is 1.52. The first-order chi connectivity index (χ1) is 10.7. The Bertz CT molecular complexity index is 693. The molecule has 0 aliphatic carbocycles. The van der Waals surface area contributed by atoms with Gasteiger partial charge in [-0.1, -0.05) is 42.5 Å². The van der Waals surface area contributed by atoms with E-state index in [0.717, 1.165) is 16.3 Å². The van der Waals surface area contributed by atoms with E-state index in [1.807, 2.05) is 42.5 Å². The molecule has 0 radical (unpaired) electrons. The standard InChI is InChI=1S/C16H17N3O3/c1-22-10-9-17-15(20)16(21)19-18-11-13-7-4-6-12-5-2-3-8-14(12)13/h2-8,11H,9-10H2,1H3,(H,17,20)(H,19,21)/b18-11+. The molecule has 0 bridgehead atoms. The maximum absolute atomic E-state index is 11.5. The van der Waals surface area contributed by atoms with Crippen LogP contribution in [0.4, 0.5) is 0 Å². The van der Waals surface area contributed by atoms with Crippen molar-refractivity contribution in [1.29, 1.82) is 0 Å². The van der Waals surface area contributed by atoms with Gasteiger partial charge in [0.2, 0.25) is 0 Å². The molecular formula is C16H17N3O3. The summed E-state index contributed by atoms with van der Waals surface area (Å²) in [5, 5.41) is 8.34. The molecule has 6 nitrogen and oxygen atoms in total. The van der Waals surface area contributed by atoms with E-state index < -0.39 is 11.8 Å². The minimum Gasteiger partial charge on any atom is -0.383 e. The largest absolute Gasteiger partial charge is 0.383 e. The second-order valence-corrected chi connectivity index (χ2v) is 4.52. The summed E-state index contributed by atoms with van der Waals surface area (Å²) in [5.74, 6) is -1.56. The van der Waals surface area contributed by atoms with E-state index >= 15 is 0 Å². The van der Waals surface area contributed by atoms with Crippen LogP contribution in [0.5, 0.6) is 0 Å². The summed E-state index contributed by atoms with van der Waals surface area (Å²) >= 11 is 0. The van der Waals surface area contributed by atoms with Crippen LogP contribution >= 0.6 is 0 Å². The van der Waals surface area contributed by atoms with Crippen LogP contribution in [-0.2, 0) is 14.3 Å². The molecule has 0 fully saturated rings. The molecule has 2 aromatic carbocycles. The van der Waals surface area contributed by atoms with Gasteiger partial charge in [-0.15, -0.1) is 0 Å². The number of hydrogen-bond acceptors (Lipinski definition) is 4. The molecule has 2 N–H and O–H groups in total. The molecule has 0 aliphatic rings. The number of amides is 2. The predicted molar refractivity (Wildman–Crippen MR) is 84.6 cm³/mol. The summed E-state index contributed by atoms with van der Waals surface area (Å²) in [4.78, 5) is 22.9. The maximum Gasteiger partial charge on any atom is 0.329 e. The second kappa shape index (κ2) is 7.90. The first-order valence-corrected chi connectivity index (χ1v) is 6.80. The average Bonchev–Trinajstić information content (AvgIpc) is 2.55. The van der Waals surface area contributed by atoms with Crippen molar-refractivity contribution in [1.82, 2.24) is 10.7 Å². The summed E-state index contributed by atoms with van der Waals surface area (Å²) in [6.45, 7) is 0.619. The van der Waals surface area contributed by atoms with Gasteiger partial charge in [0.25, 0.3) is 0 Å². The Morgan fingerprint density at radius 3 is 2.73 bits per heavy atom. The first kappa shape index (κ1) is 15.7. The number of hydrogen-bond donors (Lipinski definition) is 2. The van der Waals surface area contributed by atoms with E-state index in [9.17, 15) is 9.59 Å². The fourth-order valence-electron chi connectivity index (χ4n) is 1.92. The summed E-state index contributed by atoms with van der Waals surface area (Å²) in [5.41, 5.74) is 3.06. The lowest BCUT2D eigenvalue weighted by Crippen LogP contribution is -2.39. The Balaban J connectivity index is 1.97. The van der Waals surface area contributed by atoms with Gasteiger partial charge in [-0.25, -0.2) is 5.43 Å². The van der Waals surface area contributed by atoms with Gasteiger partial charge in [0, 0.05) is 19.2 Å². The molecule has 2 amide bonds. The summed E-state index contributed by atoms with van der Waals surface area (Å²) in [6, 6.07) is 13.6. The Morgan fingerprint density at radius 2 is 1.91 bits per heavy atom. The molecule has 0 aromatic heterocycles. The molecule has 0 aliphatic heterocycles. The molecular weight excluding hydrogens is 282 g/mol. The van der Waals surface area contributed by atoms with Crippen molar-refractivity contribution < 1.29 is 14.3 Å². The van der Waals surface area contributed by atoms with E-state index in [1.54, 1.807) is 0 Å². The van der Waals surface area contributed by atoms with Gasteiger partial charge in [0.1, 0.15) is 0 Å². The van der Waals surface area contributed by atoms with E-state index in [4.69, 9.17) is 4.74 Å². The molecule has 2 aromatic rings. The lowest BCUT2D eigenvalue weighted by atomic mass is 10.1. The number of hydrazone groups is 1. The summed E-state index contributed by atoms with van der Waals surface area (Å²) in [7, 11) is 1.51. The fraction of sp³-hybridized carbons (Fsp3) is 0.188. The summed E-state index contributed by atoms with van der Waals surface area (Å²) < 4.78 is 4.78. The lowest BCUT2D eigenvalue weighted by molar-refractivity contribution is -0.139. The first-order valence-electron chi connectivity index (χ1n) is 6.80. The molecule has 6 heteroatoms. The number of carbonyl (C=O) groups is 2.